The van der Waals surface area contributed by atoms with Crippen LogP contribution >= 0.6 is 0 Å². The van der Waals surface area contributed by atoms with Gasteiger partial charge in [0, 0.05) is 26.3 Å². The van der Waals surface area contributed by atoms with Crippen molar-refractivity contribution in [2.24, 2.45) is 7.05 Å². The Morgan fingerprint density at radius 3 is 2.63 bits per heavy atom. The van der Waals surface area contributed by atoms with Crippen LogP contribution in [0.1, 0.15) is 43.1 Å². The molecule has 0 aliphatic rings. The standard InChI is InChI=1S/C14H25N3O2/c1-3-4-5-6-7-17(8-9-18)14(19)13-10-12(15)11-16(13)2/h10-11,18H,3-9,15H2,1-2H3. The minimum absolute atomic E-state index is 0.0145. The summed E-state index contributed by atoms with van der Waals surface area (Å²) in [6.07, 6.45) is 6.16. The second kappa shape index (κ2) is 7.84. The van der Waals surface area contributed by atoms with Crippen LogP contribution in [0.5, 0.6) is 0 Å². The van der Waals surface area contributed by atoms with Crippen LogP contribution in [0.2, 0.25) is 0 Å². The molecule has 0 bridgehead atoms. The number of nitrogens with two attached hydrogens (primary N) is 1. The van der Waals surface area contributed by atoms with Crippen LogP contribution in [0.15, 0.2) is 12.3 Å². The first-order valence-electron chi connectivity index (χ1n) is 6.92. The Bertz CT molecular complexity index is 401. The van der Waals surface area contributed by atoms with Gasteiger partial charge in [-0.3, -0.25) is 4.79 Å². The van der Waals surface area contributed by atoms with Gasteiger partial charge in [-0.2, -0.15) is 0 Å². The van der Waals surface area contributed by atoms with Crippen molar-refractivity contribution >= 4 is 11.6 Å². The third-order valence-corrected chi connectivity index (χ3v) is 3.18. The van der Waals surface area contributed by atoms with Gasteiger partial charge in [0.05, 0.1) is 12.3 Å². The molecule has 0 spiro atoms. The van der Waals surface area contributed by atoms with Gasteiger partial charge in [-0.25, -0.2) is 0 Å². The summed E-state index contributed by atoms with van der Waals surface area (Å²) < 4.78 is 1.73. The molecule has 1 aromatic heterocycles. The molecule has 0 aliphatic heterocycles. The average Bonchev–Trinajstić information content (AvgIpc) is 2.71. The number of hydrogen-bond donors (Lipinski definition) is 2. The summed E-state index contributed by atoms with van der Waals surface area (Å²) >= 11 is 0. The molecular weight excluding hydrogens is 242 g/mol. The molecule has 5 heteroatoms. The lowest BCUT2D eigenvalue weighted by atomic mass is 10.2. The normalized spacial score (nSPS) is 10.7. The highest BCUT2D eigenvalue weighted by atomic mass is 16.3. The molecule has 0 unspecified atom stereocenters. The van der Waals surface area contributed by atoms with Gasteiger partial charge in [0.25, 0.3) is 5.91 Å². The zero-order chi connectivity index (χ0) is 14.3. The second-order valence-electron chi connectivity index (χ2n) is 4.85. The minimum Gasteiger partial charge on any atom is -0.397 e. The number of hydrogen-bond acceptors (Lipinski definition) is 3. The fourth-order valence-corrected chi connectivity index (χ4v) is 2.13. The van der Waals surface area contributed by atoms with Gasteiger partial charge in [0.15, 0.2) is 0 Å². The van der Waals surface area contributed by atoms with Crippen molar-refractivity contribution in [1.29, 1.82) is 0 Å². The molecule has 0 saturated heterocycles. The van der Waals surface area contributed by atoms with Crippen LogP contribution in [0, 0.1) is 0 Å². The first-order chi connectivity index (χ1) is 9.10. The molecule has 0 atom stereocenters. The van der Waals surface area contributed by atoms with Crippen LogP contribution in [-0.4, -0.2) is 40.2 Å². The molecule has 0 saturated carbocycles. The Morgan fingerprint density at radius 2 is 2.11 bits per heavy atom. The molecule has 0 aliphatic carbocycles. The van der Waals surface area contributed by atoms with Gasteiger partial charge < -0.3 is 20.3 Å². The van der Waals surface area contributed by atoms with Gasteiger partial charge in [-0.15, -0.1) is 0 Å². The van der Waals surface area contributed by atoms with Crippen molar-refractivity contribution in [3.8, 4) is 0 Å². The molecule has 1 amide bonds. The predicted octanol–water partition coefficient (Wildman–Crippen LogP) is 1.62. The van der Waals surface area contributed by atoms with E-state index in [1.54, 1.807) is 28.8 Å². The molecule has 0 radical (unpaired) electrons. The van der Waals surface area contributed by atoms with E-state index >= 15 is 0 Å². The van der Waals surface area contributed by atoms with Gasteiger partial charge in [0.1, 0.15) is 5.69 Å². The lowest BCUT2D eigenvalue weighted by Crippen LogP contribution is -2.35. The van der Waals surface area contributed by atoms with Gasteiger partial charge in [-0.05, 0) is 12.5 Å². The summed E-state index contributed by atoms with van der Waals surface area (Å²) in [5.74, 6) is -0.0650. The Hall–Kier alpha value is -1.49. The van der Waals surface area contributed by atoms with E-state index in [-0.39, 0.29) is 12.5 Å². The topological polar surface area (TPSA) is 71.5 Å². The lowest BCUT2D eigenvalue weighted by Gasteiger charge is -2.22. The van der Waals surface area contributed by atoms with Crippen molar-refractivity contribution in [1.82, 2.24) is 9.47 Å². The first-order valence-corrected chi connectivity index (χ1v) is 6.92. The molecule has 1 aromatic rings. The minimum atomic E-state index is -0.0650. The fourth-order valence-electron chi connectivity index (χ4n) is 2.13. The van der Waals surface area contributed by atoms with Crippen LogP contribution in [0.3, 0.4) is 0 Å². The number of aliphatic hydroxyl groups is 1. The van der Waals surface area contributed by atoms with E-state index in [4.69, 9.17) is 10.8 Å². The molecule has 5 nitrogen and oxygen atoms in total. The molecular formula is C14H25N3O2. The third kappa shape index (κ3) is 4.59. The van der Waals surface area contributed by atoms with E-state index in [9.17, 15) is 4.79 Å². The number of unbranched alkanes of at least 4 members (excludes halogenated alkanes) is 3. The lowest BCUT2D eigenvalue weighted by molar-refractivity contribution is 0.0709. The number of aliphatic hydroxyl groups excluding tert-OH is 1. The number of aryl methyl sites for hydroxylation is 1. The van der Waals surface area contributed by atoms with Gasteiger partial charge >= 0.3 is 0 Å². The van der Waals surface area contributed by atoms with Crippen molar-refractivity contribution in [2.45, 2.75) is 32.6 Å². The Labute approximate surface area is 115 Å². The van der Waals surface area contributed by atoms with Gasteiger partial charge in [0.2, 0.25) is 0 Å². The molecule has 0 aromatic carbocycles. The maximum Gasteiger partial charge on any atom is 0.270 e. The summed E-state index contributed by atoms with van der Waals surface area (Å²) in [5, 5.41) is 9.08. The van der Waals surface area contributed by atoms with E-state index in [1.807, 2.05) is 0 Å². The van der Waals surface area contributed by atoms with Crippen molar-refractivity contribution in [2.75, 3.05) is 25.4 Å². The van der Waals surface area contributed by atoms with Crippen LogP contribution in [0.4, 0.5) is 5.69 Å². The molecule has 19 heavy (non-hydrogen) atoms. The Kier molecular flexibility index (Phi) is 6.42. The van der Waals surface area contributed by atoms with E-state index in [2.05, 4.69) is 6.92 Å². The smallest absolute Gasteiger partial charge is 0.270 e. The van der Waals surface area contributed by atoms with E-state index < -0.39 is 0 Å². The highest BCUT2D eigenvalue weighted by Gasteiger charge is 2.18. The maximum absolute atomic E-state index is 12.4. The van der Waals surface area contributed by atoms with E-state index in [1.165, 1.54) is 12.8 Å². The number of anilines is 1. The van der Waals surface area contributed by atoms with E-state index in [0.717, 1.165) is 12.8 Å². The first kappa shape index (κ1) is 15.6. The summed E-state index contributed by atoms with van der Waals surface area (Å²) in [6.45, 7) is 3.20. The summed E-state index contributed by atoms with van der Waals surface area (Å²) in [7, 11) is 1.80. The zero-order valence-corrected chi connectivity index (χ0v) is 11.9. The van der Waals surface area contributed by atoms with Gasteiger partial charge in [-0.1, -0.05) is 26.2 Å². The van der Waals surface area contributed by atoms with Crippen molar-refractivity contribution in [3.63, 3.8) is 0 Å². The number of amides is 1. The van der Waals surface area contributed by atoms with Crippen molar-refractivity contribution < 1.29 is 9.90 Å². The number of carbonyl (C=O) groups is 1. The Morgan fingerprint density at radius 1 is 1.37 bits per heavy atom. The second-order valence-corrected chi connectivity index (χ2v) is 4.85. The maximum atomic E-state index is 12.4. The SMILES string of the molecule is CCCCCCN(CCO)C(=O)c1cc(N)cn1C. The van der Waals surface area contributed by atoms with E-state index in [0.29, 0.717) is 24.5 Å². The number of rotatable bonds is 8. The molecule has 3 N–H and O–H groups in total. The van der Waals surface area contributed by atoms with Crippen LogP contribution < -0.4 is 5.73 Å². The highest BCUT2D eigenvalue weighted by molar-refractivity contribution is 5.93. The Balaban J connectivity index is 2.64. The average molecular weight is 267 g/mol. The van der Waals surface area contributed by atoms with Crippen molar-refractivity contribution in [3.05, 3.63) is 18.0 Å². The monoisotopic (exact) mass is 267 g/mol. The summed E-state index contributed by atoms with van der Waals surface area (Å²) in [6, 6.07) is 1.68. The highest BCUT2D eigenvalue weighted by Crippen LogP contribution is 2.12. The number of nitrogen functional groups attached to an aromatic ring is 1. The molecule has 0 fully saturated rings. The van der Waals surface area contributed by atoms with Crippen LogP contribution in [-0.2, 0) is 7.05 Å². The number of nitrogens with zero attached hydrogens (tertiary/aromatic N) is 2. The largest absolute Gasteiger partial charge is 0.397 e. The zero-order valence-electron chi connectivity index (χ0n) is 11.9. The molecule has 1 heterocycles. The number of carbonyl (C=O) groups excluding carboxylic acids is 1. The quantitative estimate of drug-likeness (QED) is 0.703. The fraction of sp³-hybridized carbons (Fsp3) is 0.643. The molecule has 108 valence electrons. The predicted molar refractivity (Wildman–Crippen MR) is 77.0 cm³/mol. The third-order valence-electron chi connectivity index (χ3n) is 3.18. The molecule has 1 rings (SSSR count). The number of aromatic nitrogens is 1. The van der Waals surface area contributed by atoms with Crippen LogP contribution in [0.25, 0.3) is 0 Å². The summed E-state index contributed by atoms with van der Waals surface area (Å²) in [5.41, 5.74) is 6.84. The summed E-state index contributed by atoms with van der Waals surface area (Å²) in [4.78, 5) is 14.1.